The van der Waals surface area contributed by atoms with Gasteiger partial charge in [0.2, 0.25) is 0 Å². The number of fused-ring (bicyclic) bond motifs is 1. The Balaban J connectivity index is 1.45. The predicted molar refractivity (Wildman–Crippen MR) is 123 cm³/mol. The van der Waals surface area contributed by atoms with Crippen LogP contribution in [0.4, 0.5) is 35.1 Å². The molecule has 0 spiro atoms. The molecule has 5 nitrogen and oxygen atoms in total. The first kappa shape index (κ1) is 26.2. The second kappa shape index (κ2) is 9.40. The van der Waals surface area contributed by atoms with E-state index in [1.165, 1.54) is 48.3 Å². The van der Waals surface area contributed by atoms with Crippen molar-refractivity contribution in [3.8, 4) is 33.9 Å². The molecule has 0 amide bonds. The standard InChI is InChI=1S/C26H15F8N5/c1-13-16(17-7-5-14(25(29,30)31)9-19(17)26(32,33)34)8-6-15(36-13)11-39-12-22-21(10-35-39)37-24(38-22)18-3-2-4-20(27)23(18)28/h2-10,12H,11H2,1H3. The van der Waals surface area contributed by atoms with E-state index in [9.17, 15) is 35.1 Å². The number of alkyl halides is 6. The second-order valence-electron chi connectivity index (χ2n) is 8.58. The molecule has 0 saturated carbocycles. The predicted octanol–water partition coefficient (Wildman–Crippen LogP) is 7.18. The zero-order valence-electron chi connectivity index (χ0n) is 19.7. The van der Waals surface area contributed by atoms with Crippen LogP contribution in [0.15, 0.2) is 60.9 Å². The van der Waals surface area contributed by atoms with Gasteiger partial charge in [0.15, 0.2) is 17.5 Å². The molecule has 2 aliphatic rings. The van der Waals surface area contributed by atoms with E-state index in [0.29, 0.717) is 23.1 Å². The molecule has 2 aliphatic heterocycles. The topological polar surface area (TPSA) is 56.5 Å². The Morgan fingerprint density at radius 2 is 1.49 bits per heavy atom. The van der Waals surface area contributed by atoms with E-state index in [0.717, 1.165) is 12.1 Å². The van der Waals surface area contributed by atoms with Crippen molar-refractivity contribution in [3.05, 3.63) is 95.1 Å². The molecule has 0 radical (unpaired) electrons. The van der Waals surface area contributed by atoms with Crippen molar-refractivity contribution >= 4 is 0 Å². The Morgan fingerprint density at radius 1 is 0.769 bits per heavy atom. The van der Waals surface area contributed by atoms with Crippen molar-refractivity contribution in [1.29, 1.82) is 0 Å². The van der Waals surface area contributed by atoms with Gasteiger partial charge in [0.1, 0.15) is 11.4 Å². The third-order valence-electron chi connectivity index (χ3n) is 5.92. The number of benzene rings is 2. The number of nitrogens with zero attached hydrogens (tertiary/aromatic N) is 5. The van der Waals surface area contributed by atoms with Gasteiger partial charge in [-0.05, 0) is 42.8 Å². The number of halogens is 8. The zero-order chi connectivity index (χ0) is 28.1. The van der Waals surface area contributed by atoms with E-state index in [-0.39, 0.29) is 35.3 Å². The number of aromatic nitrogens is 5. The van der Waals surface area contributed by atoms with E-state index in [2.05, 4.69) is 20.1 Å². The summed E-state index contributed by atoms with van der Waals surface area (Å²) in [6, 6.07) is 7.88. The molecule has 3 aromatic rings. The molecule has 0 atom stereocenters. The minimum atomic E-state index is -5.02. The lowest BCUT2D eigenvalue weighted by atomic mass is 9.95. The van der Waals surface area contributed by atoms with Crippen LogP contribution in [0.3, 0.4) is 0 Å². The lowest BCUT2D eigenvalue weighted by molar-refractivity contribution is -0.142. The number of imidazole rings is 1. The van der Waals surface area contributed by atoms with E-state index in [1.807, 2.05) is 0 Å². The van der Waals surface area contributed by atoms with Gasteiger partial charge in [-0.1, -0.05) is 18.2 Å². The highest BCUT2D eigenvalue weighted by molar-refractivity contribution is 5.71. The smallest absolute Gasteiger partial charge is 0.264 e. The van der Waals surface area contributed by atoms with Crippen molar-refractivity contribution in [2.45, 2.75) is 25.8 Å². The third-order valence-corrected chi connectivity index (χ3v) is 5.92. The Morgan fingerprint density at radius 3 is 2.18 bits per heavy atom. The van der Waals surface area contributed by atoms with Gasteiger partial charge in [-0.3, -0.25) is 9.67 Å². The highest BCUT2D eigenvalue weighted by atomic mass is 19.4. The molecule has 0 unspecified atom stereocenters. The largest absolute Gasteiger partial charge is 0.417 e. The molecule has 0 aliphatic carbocycles. The fraction of sp³-hybridized carbons (Fsp3) is 0.154. The van der Waals surface area contributed by atoms with Crippen molar-refractivity contribution in [3.63, 3.8) is 0 Å². The minimum Gasteiger partial charge on any atom is -0.264 e. The molecule has 0 bridgehead atoms. The maximum absolute atomic E-state index is 14.1. The summed E-state index contributed by atoms with van der Waals surface area (Å²) in [5, 5.41) is 4.19. The summed E-state index contributed by atoms with van der Waals surface area (Å²) < 4.78 is 109. The molecule has 2 aromatic carbocycles. The van der Waals surface area contributed by atoms with Crippen LogP contribution >= 0.6 is 0 Å². The molecule has 13 heteroatoms. The summed E-state index contributed by atoms with van der Waals surface area (Å²) in [5.74, 6) is -2.16. The SMILES string of the molecule is Cc1nc(Cn2cc3nc(-c4cccc(F)c4F)nc-3cn2)ccc1-c1ccc(C(F)(F)F)cc1C(F)(F)F. The molecule has 3 heterocycles. The Hall–Kier alpha value is -4.42. The van der Waals surface area contributed by atoms with E-state index >= 15 is 0 Å². The molecule has 39 heavy (non-hydrogen) atoms. The van der Waals surface area contributed by atoms with Crippen molar-refractivity contribution in [2.75, 3.05) is 0 Å². The van der Waals surface area contributed by atoms with Crippen LogP contribution in [0.1, 0.15) is 22.5 Å². The highest BCUT2D eigenvalue weighted by Gasteiger charge is 2.38. The highest BCUT2D eigenvalue weighted by Crippen LogP contribution is 2.41. The molecule has 0 fully saturated rings. The van der Waals surface area contributed by atoms with Gasteiger partial charge in [0, 0.05) is 11.3 Å². The average molecular weight is 549 g/mol. The van der Waals surface area contributed by atoms with Gasteiger partial charge in [-0.2, -0.15) is 31.4 Å². The number of rotatable bonds is 4. The second-order valence-corrected chi connectivity index (χ2v) is 8.58. The lowest BCUT2D eigenvalue weighted by Gasteiger charge is -2.17. The normalized spacial score (nSPS) is 12.3. The molecule has 5 rings (SSSR count). The summed E-state index contributed by atoms with van der Waals surface area (Å²) >= 11 is 0. The van der Waals surface area contributed by atoms with Crippen molar-refractivity contribution < 1.29 is 35.1 Å². The molecule has 0 saturated heterocycles. The number of aryl methyl sites for hydroxylation is 1. The van der Waals surface area contributed by atoms with Crippen LogP contribution in [-0.4, -0.2) is 24.7 Å². The molecule has 0 N–H and O–H groups in total. The quantitative estimate of drug-likeness (QED) is 0.223. The summed E-state index contributed by atoms with van der Waals surface area (Å²) in [5.41, 5.74) is -2.13. The maximum atomic E-state index is 14.1. The van der Waals surface area contributed by atoms with Crippen molar-refractivity contribution in [2.24, 2.45) is 0 Å². The van der Waals surface area contributed by atoms with Gasteiger partial charge in [-0.25, -0.2) is 18.7 Å². The number of pyridine rings is 1. The Labute approximate surface area is 215 Å². The fourth-order valence-corrected chi connectivity index (χ4v) is 4.09. The monoisotopic (exact) mass is 549 g/mol. The van der Waals surface area contributed by atoms with E-state index < -0.39 is 40.7 Å². The average Bonchev–Trinajstić information content (AvgIpc) is 3.27. The van der Waals surface area contributed by atoms with Gasteiger partial charge in [0.25, 0.3) is 0 Å². The van der Waals surface area contributed by atoms with Crippen molar-refractivity contribution in [1.82, 2.24) is 24.7 Å². The van der Waals surface area contributed by atoms with E-state index in [4.69, 9.17) is 0 Å². The molecular weight excluding hydrogens is 534 g/mol. The van der Waals surface area contributed by atoms with Gasteiger partial charge in [-0.15, -0.1) is 0 Å². The fourth-order valence-electron chi connectivity index (χ4n) is 4.09. The van der Waals surface area contributed by atoms with Crippen LogP contribution in [0.25, 0.3) is 33.9 Å². The molecule has 200 valence electrons. The van der Waals surface area contributed by atoms with Crippen LogP contribution < -0.4 is 0 Å². The first-order chi connectivity index (χ1) is 18.3. The van der Waals surface area contributed by atoms with Gasteiger partial charge < -0.3 is 0 Å². The summed E-state index contributed by atoms with van der Waals surface area (Å²) in [4.78, 5) is 12.7. The van der Waals surface area contributed by atoms with Gasteiger partial charge >= 0.3 is 12.4 Å². The molecular formula is C26H15F8N5. The Bertz CT molecular complexity index is 1660. The zero-order valence-corrected chi connectivity index (χ0v) is 19.7. The van der Waals surface area contributed by atoms with Crippen LogP contribution in [0, 0.1) is 18.6 Å². The third kappa shape index (κ3) is 5.16. The lowest BCUT2D eigenvalue weighted by Crippen LogP contribution is -2.12. The summed E-state index contributed by atoms with van der Waals surface area (Å²) in [6.07, 6.45) is -7.10. The number of hydrogen-bond donors (Lipinski definition) is 0. The van der Waals surface area contributed by atoms with Crippen LogP contribution in [0.2, 0.25) is 0 Å². The maximum Gasteiger partial charge on any atom is 0.417 e. The summed E-state index contributed by atoms with van der Waals surface area (Å²) in [6.45, 7) is 1.51. The van der Waals surface area contributed by atoms with Crippen LogP contribution in [-0.2, 0) is 18.9 Å². The summed E-state index contributed by atoms with van der Waals surface area (Å²) in [7, 11) is 0. The number of hydrogen-bond acceptors (Lipinski definition) is 4. The first-order valence-electron chi connectivity index (χ1n) is 11.2. The first-order valence-corrected chi connectivity index (χ1v) is 11.2. The Kier molecular flexibility index (Phi) is 6.31. The minimum absolute atomic E-state index is 0.0249. The molecule has 1 aromatic heterocycles. The van der Waals surface area contributed by atoms with Gasteiger partial charge in [0.05, 0.1) is 41.3 Å². The van der Waals surface area contributed by atoms with E-state index in [1.54, 1.807) is 0 Å². The van der Waals surface area contributed by atoms with Crippen LogP contribution in [0.5, 0.6) is 0 Å².